The molecule has 1 aromatic rings. The maximum Gasteiger partial charge on any atom is 0.353 e. The van der Waals surface area contributed by atoms with Crippen LogP contribution < -0.4 is 11.4 Å². The van der Waals surface area contributed by atoms with Gasteiger partial charge in [-0.15, -0.1) is 0 Å². The van der Waals surface area contributed by atoms with Crippen LogP contribution in [0.25, 0.3) is 0 Å². The number of nitrogen functional groups attached to an aromatic ring is 1. The van der Waals surface area contributed by atoms with Crippen molar-refractivity contribution in [2.24, 2.45) is 0 Å². The van der Waals surface area contributed by atoms with Gasteiger partial charge >= 0.3 is 5.69 Å². The molecule has 0 unspecified atom stereocenters. The number of hydrogen-bond donors (Lipinski definition) is 4. The van der Waals surface area contributed by atoms with E-state index in [0.29, 0.717) is 6.42 Å². The maximum absolute atomic E-state index is 12.3. The van der Waals surface area contributed by atoms with E-state index in [1.54, 1.807) is 0 Å². The van der Waals surface area contributed by atoms with E-state index in [0.717, 1.165) is 23.8 Å². The zero-order valence-corrected chi connectivity index (χ0v) is 16.5. The predicted molar refractivity (Wildman–Crippen MR) is 103 cm³/mol. The average molecular weight is 399 g/mol. The highest BCUT2D eigenvalue weighted by molar-refractivity contribution is 5.24. The van der Waals surface area contributed by atoms with E-state index in [9.17, 15) is 20.1 Å². The highest BCUT2D eigenvalue weighted by atomic mass is 16.7. The predicted octanol–water partition coefficient (Wildman–Crippen LogP) is 0.706. The molecule has 0 radical (unpaired) electrons. The van der Waals surface area contributed by atoms with Crippen molar-refractivity contribution in [1.29, 1.82) is 0 Å². The first kappa shape index (κ1) is 22.8. The van der Waals surface area contributed by atoms with Crippen molar-refractivity contribution in [1.82, 2.24) is 9.55 Å². The minimum absolute atomic E-state index is 0.0196. The molecule has 2 heterocycles. The van der Waals surface area contributed by atoms with E-state index in [4.69, 9.17) is 15.2 Å². The molecule has 0 saturated carbocycles. The van der Waals surface area contributed by atoms with Crippen molar-refractivity contribution in [3.05, 3.63) is 22.7 Å². The monoisotopic (exact) mass is 399 g/mol. The summed E-state index contributed by atoms with van der Waals surface area (Å²) in [6.45, 7) is 1.87. The van der Waals surface area contributed by atoms with Crippen molar-refractivity contribution in [2.45, 2.75) is 82.5 Å². The number of ether oxygens (including phenoxy) is 2. The van der Waals surface area contributed by atoms with Crippen LogP contribution in [0.4, 0.5) is 5.82 Å². The Morgan fingerprint density at radius 1 is 1.21 bits per heavy atom. The second kappa shape index (κ2) is 10.9. The Hall–Kier alpha value is -1.52. The summed E-state index contributed by atoms with van der Waals surface area (Å²) in [5, 5.41) is 30.1. The Kier molecular flexibility index (Phi) is 8.84. The van der Waals surface area contributed by atoms with Gasteiger partial charge in [0.05, 0.1) is 13.2 Å². The SMILES string of the molecule is CCCCCCCCCCO[C@@]1(n2ccc(N)nc2=O)O[C@H](CO)[C@@H](O)[C@H]1O. The van der Waals surface area contributed by atoms with Crippen molar-refractivity contribution in [3.63, 3.8) is 0 Å². The summed E-state index contributed by atoms with van der Waals surface area (Å²) < 4.78 is 12.4. The summed E-state index contributed by atoms with van der Waals surface area (Å²) in [7, 11) is 0. The van der Waals surface area contributed by atoms with Crippen LogP contribution in [0.2, 0.25) is 0 Å². The van der Waals surface area contributed by atoms with E-state index in [1.165, 1.54) is 37.9 Å². The minimum atomic E-state index is -1.95. The van der Waals surface area contributed by atoms with Gasteiger partial charge in [0.2, 0.25) is 0 Å². The lowest BCUT2D eigenvalue weighted by molar-refractivity contribution is -0.318. The molecule has 2 rings (SSSR count). The summed E-state index contributed by atoms with van der Waals surface area (Å²) in [6, 6.07) is 1.37. The van der Waals surface area contributed by atoms with Crippen LogP contribution in [0.5, 0.6) is 0 Å². The average Bonchev–Trinajstić information content (AvgIpc) is 2.92. The zero-order valence-electron chi connectivity index (χ0n) is 16.5. The van der Waals surface area contributed by atoms with Crippen molar-refractivity contribution in [3.8, 4) is 0 Å². The summed E-state index contributed by atoms with van der Waals surface area (Å²) >= 11 is 0. The fourth-order valence-electron chi connectivity index (χ4n) is 3.42. The first-order valence-corrected chi connectivity index (χ1v) is 10.1. The Morgan fingerprint density at radius 2 is 1.86 bits per heavy atom. The molecule has 1 aliphatic rings. The van der Waals surface area contributed by atoms with Crippen LogP contribution in [0.15, 0.2) is 17.1 Å². The molecule has 1 fully saturated rings. The standard InChI is InChI=1S/C19H33N3O6/c1-2-3-4-5-6-7-8-9-12-27-19(17(25)16(24)14(13-23)28-19)22-11-10-15(20)21-18(22)26/h10-11,14,16-17,23-25H,2-9,12-13H2,1H3,(H2,20,21,26)/t14-,16-,17-,19-/m1/s1. The third kappa shape index (κ3) is 5.30. The van der Waals surface area contributed by atoms with Gasteiger partial charge in [-0.3, -0.25) is 0 Å². The molecule has 0 aliphatic carbocycles. The third-order valence-electron chi connectivity index (χ3n) is 5.05. The lowest BCUT2D eigenvalue weighted by Gasteiger charge is -2.33. The van der Waals surface area contributed by atoms with Crippen molar-refractivity contribution in [2.75, 3.05) is 18.9 Å². The number of nitrogens with two attached hydrogens (primary N) is 1. The highest BCUT2D eigenvalue weighted by Gasteiger charge is 2.57. The molecule has 0 spiro atoms. The van der Waals surface area contributed by atoms with E-state index in [2.05, 4.69) is 11.9 Å². The van der Waals surface area contributed by atoms with Gasteiger partial charge < -0.3 is 30.5 Å². The fourth-order valence-corrected chi connectivity index (χ4v) is 3.42. The first-order chi connectivity index (χ1) is 13.5. The third-order valence-corrected chi connectivity index (χ3v) is 5.05. The first-order valence-electron chi connectivity index (χ1n) is 10.1. The van der Waals surface area contributed by atoms with Gasteiger partial charge in [-0.25, -0.2) is 9.36 Å². The van der Waals surface area contributed by atoms with Gasteiger partial charge in [0.15, 0.2) is 6.10 Å². The van der Waals surface area contributed by atoms with E-state index >= 15 is 0 Å². The Bertz CT molecular complexity index is 655. The van der Waals surface area contributed by atoms with Crippen LogP contribution in [-0.2, 0) is 15.4 Å². The second-order valence-corrected chi connectivity index (χ2v) is 7.23. The summed E-state index contributed by atoms with van der Waals surface area (Å²) in [6.07, 6.45) is 6.09. The lowest BCUT2D eigenvalue weighted by Crippen LogP contribution is -2.52. The number of unbranched alkanes of at least 4 members (excludes halogenated alkanes) is 7. The van der Waals surface area contributed by atoms with Gasteiger partial charge in [0.1, 0.15) is 18.0 Å². The van der Waals surface area contributed by atoms with Crippen LogP contribution >= 0.6 is 0 Å². The molecule has 28 heavy (non-hydrogen) atoms. The van der Waals surface area contributed by atoms with Crippen LogP contribution in [0.3, 0.4) is 0 Å². The van der Waals surface area contributed by atoms with Crippen LogP contribution in [0, 0.1) is 0 Å². The number of aliphatic hydroxyl groups is 3. The number of aliphatic hydroxyl groups excluding tert-OH is 3. The topological polar surface area (TPSA) is 140 Å². The smallest absolute Gasteiger partial charge is 0.353 e. The second-order valence-electron chi connectivity index (χ2n) is 7.23. The minimum Gasteiger partial charge on any atom is -0.394 e. The van der Waals surface area contributed by atoms with E-state index < -0.39 is 36.5 Å². The van der Waals surface area contributed by atoms with Crippen LogP contribution in [0.1, 0.15) is 58.3 Å². The molecule has 1 aromatic heterocycles. The van der Waals surface area contributed by atoms with E-state index in [1.807, 2.05) is 0 Å². The molecule has 1 aliphatic heterocycles. The number of nitrogens with zero attached hydrogens (tertiary/aromatic N) is 2. The molecular formula is C19H33N3O6. The van der Waals surface area contributed by atoms with Gasteiger partial charge in [0.25, 0.3) is 5.91 Å². The number of hydrogen-bond acceptors (Lipinski definition) is 8. The number of aromatic nitrogens is 2. The summed E-state index contributed by atoms with van der Waals surface area (Å²) in [5.74, 6) is -1.93. The molecule has 0 bridgehead atoms. The highest BCUT2D eigenvalue weighted by Crippen LogP contribution is 2.36. The van der Waals surface area contributed by atoms with Crippen LogP contribution in [-0.4, -0.2) is 56.4 Å². The van der Waals surface area contributed by atoms with Gasteiger partial charge in [-0.2, -0.15) is 4.98 Å². The Labute approximate surface area is 165 Å². The summed E-state index contributed by atoms with van der Waals surface area (Å²) in [5.41, 5.74) is 4.75. The molecule has 5 N–H and O–H groups in total. The molecule has 1 saturated heterocycles. The van der Waals surface area contributed by atoms with Crippen molar-refractivity contribution >= 4 is 5.82 Å². The zero-order chi connectivity index (χ0) is 20.6. The number of rotatable bonds is 12. The Balaban J connectivity index is 2.00. The lowest BCUT2D eigenvalue weighted by atomic mass is 10.1. The van der Waals surface area contributed by atoms with Gasteiger partial charge in [0, 0.05) is 6.20 Å². The fraction of sp³-hybridized carbons (Fsp3) is 0.789. The molecule has 9 heteroatoms. The van der Waals surface area contributed by atoms with E-state index in [-0.39, 0.29) is 12.4 Å². The maximum atomic E-state index is 12.3. The Morgan fingerprint density at radius 3 is 2.43 bits per heavy atom. The molecule has 160 valence electrons. The quantitative estimate of drug-likeness (QED) is 0.377. The number of anilines is 1. The normalized spacial score (nSPS) is 27.4. The largest absolute Gasteiger partial charge is 0.394 e. The van der Waals surface area contributed by atoms with Crippen molar-refractivity contribution < 1.29 is 24.8 Å². The van der Waals surface area contributed by atoms with Gasteiger partial charge in [-0.1, -0.05) is 51.9 Å². The molecule has 0 amide bonds. The van der Waals surface area contributed by atoms with Gasteiger partial charge in [-0.05, 0) is 12.5 Å². The molecular weight excluding hydrogens is 366 g/mol. The molecule has 9 nitrogen and oxygen atoms in total. The molecule has 4 atom stereocenters. The molecule has 0 aromatic carbocycles. The summed E-state index contributed by atoms with van der Waals surface area (Å²) in [4.78, 5) is 15.9.